The molecule has 0 spiro atoms. The van der Waals surface area contributed by atoms with Crippen molar-refractivity contribution >= 4 is 11.8 Å². The summed E-state index contributed by atoms with van der Waals surface area (Å²) in [7, 11) is 1.66. The first-order valence-electron chi connectivity index (χ1n) is 5.39. The van der Waals surface area contributed by atoms with E-state index in [0.717, 1.165) is 5.56 Å². The van der Waals surface area contributed by atoms with Gasteiger partial charge in [-0.05, 0) is 25.5 Å². The molecule has 0 saturated carbocycles. The van der Waals surface area contributed by atoms with E-state index in [1.165, 1.54) is 11.1 Å². The summed E-state index contributed by atoms with van der Waals surface area (Å²) in [5, 5.41) is 0. The molecule has 0 bridgehead atoms. The minimum atomic E-state index is -0.417. The first kappa shape index (κ1) is 13.2. The van der Waals surface area contributed by atoms with E-state index in [9.17, 15) is 9.59 Å². The Bertz CT molecular complexity index is 432. The number of pyridine rings is 1. The number of aromatic nitrogens is 1. The summed E-state index contributed by atoms with van der Waals surface area (Å²) in [4.78, 5) is 28.4. The van der Waals surface area contributed by atoms with Gasteiger partial charge in [0.1, 0.15) is 0 Å². The van der Waals surface area contributed by atoms with Gasteiger partial charge >= 0.3 is 0 Å². The molecule has 5 heteroatoms. The molecule has 2 N–H and O–H groups in total. The molecule has 0 fully saturated rings. The highest BCUT2D eigenvalue weighted by atomic mass is 16.2. The van der Waals surface area contributed by atoms with Crippen molar-refractivity contribution in [3.8, 4) is 0 Å². The molecule has 1 aromatic heterocycles. The molecule has 17 heavy (non-hydrogen) atoms. The molecule has 0 aliphatic rings. The molecular formula is C12H17N3O2. The predicted octanol–water partition coefficient (Wildman–Crippen LogP) is 0.726. The Morgan fingerprint density at radius 3 is 2.71 bits per heavy atom. The summed E-state index contributed by atoms with van der Waals surface area (Å²) in [6, 6.07) is 1.56. The summed E-state index contributed by atoms with van der Waals surface area (Å²) in [6.07, 6.45) is 3.33. The Hall–Kier alpha value is -1.91. The second kappa shape index (κ2) is 5.43. The Morgan fingerprint density at radius 2 is 2.18 bits per heavy atom. The van der Waals surface area contributed by atoms with Crippen LogP contribution in [0.1, 0.15) is 29.3 Å². The Labute approximate surface area is 101 Å². The van der Waals surface area contributed by atoms with Crippen LogP contribution in [0.3, 0.4) is 0 Å². The number of hydrogen-bond donors (Lipinski definition) is 1. The van der Waals surface area contributed by atoms with Crippen molar-refractivity contribution in [1.82, 2.24) is 9.88 Å². The molecule has 0 aromatic carbocycles. The van der Waals surface area contributed by atoms with Crippen LogP contribution in [0.25, 0.3) is 0 Å². The van der Waals surface area contributed by atoms with Crippen molar-refractivity contribution in [2.75, 3.05) is 7.05 Å². The summed E-state index contributed by atoms with van der Waals surface area (Å²) in [5.74, 6) is -0.565. The third-order valence-corrected chi connectivity index (χ3v) is 2.75. The molecule has 0 saturated heterocycles. The summed E-state index contributed by atoms with van der Waals surface area (Å²) >= 11 is 0. The second-order valence-corrected chi connectivity index (χ2v) is 4.13. The highest BCUT2D eigenvalue weighted by Gasteiger charge is 2.20. The Kier molecular flexibility index (Phi) is 4.20. The number of primary amides is 1. The molecule has 2 amide bonds. The predicted molar refractivity (Wildman–Crippen MR) is 64.3 cm³/mol. The van der Waals surface area contributed by atoms with Crippen molar-refractivity contribution in [2.24, 2.45) is 5.73 Å². The zero-order valence-corrected chi connectivity index (χ0v) is 10.3. The summed E-state index contributed by atoms with van der Waals surface area (Å²) in [6.45, 7) is 3.63. The van der Waals surface area contributed by atoms with E-state index in [2.05, 4.69) is 4.98 Å². The van der Waals surface area contributed by atoms with E-state index in [4.69, 9.17) is 5.73 Å². The van der Waals surface area contributed by atoms with Crippen LogP contribution in [0.2, 0.25) is 0 Å². The van der Waals surface area contributed by atoms with E-state index in [-0.39, 0.29) is 18.4 Å². The third kappa shape index (κ3) is 3.27. The SMILES string of the molecule is Cc1ccncc1C(=O)N(C)C(C)CC(N)=O. The van der Waals surface area contributed by atoms with Gasteiger partial charge < -0.3 is 10.6 Å². The molecule has 1 aromatic rings. The van der Waals surface area contributed by atoms with E-state index in [1.807, 2.05) is 6.92 Å². The molecule has 1 rings (SSSR count). The average molecular weight is 235 g/mol. The fourth-order valence-electron chi connectivity index (χ4n) is 1.51. The number of nitrogens with zero attached hydrogens (tertiary/aromatic N) is 2. The summed E-state index contributed by atoms with van der Waals surface area (Å²) < 4.78 is 0. The first-order chi connectivity index (χ1) is 7.93. The monoisotopic (exact) mass is 235 g/mol. The highest BCUT2D eigenvalue weighted by molar-refractivity contribution is 5.95. The van der Waals surface area contributed by atoms with Gasteiger partial charge in [-0.3, -0.25) is 14.6 Å². The van der Waals surface area contributed by atoms with E-state index in [0.29, 0.717) is 5.56 Å². The summed E-state index contributed by atoms with van der Waals surface area (Å²) in [5.41, 5.74) is 6.52. The van der Waals surface area contributed by atoms with Gasteiger partial charge in [0, 0.05) is 31.9 Å². The van der Waals surface area contributed by atoms with Crippen LogP contribution in [-0.2, 0) is 4.79 Å². The van der Waals surface area contributed by atoms with Crippen molar-refractivity contribution in [1.29, 1.82) is 0 Å². The van der Waals surface area contributed by atoms with Crippen LogP contribution < -0.4 is 5.73 Å². The van der Waals surface area contributed by atoms with E-state index >= 15 is 0 Å². The van der Waals surface area contributed by atoms with Crippen LogP contribution >= 0.6 is 0 Å². The number of hydrogen-bond acceptors (Lipinski definition) is 3. The number of nitrogens with two attached hydrogens (primary N) is 1. The van der Waals surface area contributed by atoms with Crippen LogP contribution in [0.4, 0.5) is 0 Å². The van der Waals surface area contributed by atoms with Gasteiger partial charge in [-0.1, -0.05) is 0 Å². The lowest BCUT2D eigenvalue weighted by atomic mass is 10.1. The standard InChI is InChI=1S/C12H17N3O2/c1-8-4-5-14-7-10(8)12(17)15(3)9(2)6-11(13)16/h4-5,7,9H,6H2,1-3H3,(H2,13,16). The van der Waals surface area contributed by atoms with Crippen LogP contribution in [0, 0.1) is 6.92 Å². The lowest BCUT2D eigenvalue weighted by Crippen LogP contribution is -2.38. The smallest absolute Gasteiger partial charge is 0.255 e. The fraction of sp³-hybridized carbons (Fsp3) is 0.417. The maximum absolute atomic E-state index is 12.1. The first-order valence-corrected chi connectivity index (χ1v) is 5.39. The van der Waals surface area contributed by atoms with E-state index in [1.54, 1.807) is 26.2 Å². The quantitative estimate of drug-likeness (QED) is 0.835. The number of amides is 2. The zero-order chi connectivity index (χ0) is 13.0. The Balaban J connectivity index is 2.83. The second-order valence-electron chi connectivity index (χ2n) is 4.13. The number of carbonyl (C=O) groups is 2. The maximum atomic E-state index is 12.1. The van der Waals surface area contributed by atoms with Crippen LogP contribution in [-0.4, -0.2) is 34.8 Å². The van der Waals surface area contributed by atoms with Crippen molar-refractivity contribution in [3.63, 3.8) is 0 Å². The van der Waals surface area contributed by atoms with Crippen molar-refractivity contribution in [3.05, 3.63) is 29.6 Å². The Morgan fingerprint density at radius 1 is 1.53 bits per heavy atom. The molecule has 1 atom stereocenters. The fourth-order valence-corrected chi connectivity index (χ4v) is 1.51. The number of rotatable bonds is 4. The van der Waals surface area contributed by atoms with Gasteiger partial charge in [0.05, 0.1) is 5.56 Å². The van der Waals surface area contributed by atoms with E-state index < -0.39 is 5.91 Å². The zero-order valence-electron chi connectivity index (χ0n) is 10.3. The average Bonchev–Trinajstić information content (AvgIpc) is 2.27. The van der Waals surface area contributed by atoms with Gasteiger partial charge in [-0.2, -0.15) is 0 Å². The minimum absolute atomic E-state index is 0.149. The van der Waals surface area contributed by atoms with Crippen LogP contribution in [0.5, 0.6) is 0 Å². The third-order valence-electron chi connectivity index (χ3n) is 2.75. The normalized spacial score (nSPS) is 11.9. The highest BCUT2D eigenvalue weighted by Crippen LogP contribution is 2.11. The van der Waals surface area contributed by atoms with Crippen LogP contribution in [0.15, 0.2) is 18.5 Å². The van der Waals surface area contributed by atoms with Crippen molar-refractivity contribution < 1.29 is 9.59 Å². The van der Waals surface area contributed by atoms with Gasteiger partial charge in [-0.15, -0.1) is 0 Å². The molecule has 92 valence electrons. The number of aryl methyl sites for hydroxylation is 1. The topological polar surface area (TPSA) is 76.3 Å². The van der Waals surface area contributed by atoms with Gasteiger partial charge in [0.15, 0.2) is 0 Å². The molecule has 1 unspecified atom stereocenters. The lowest BCUT2D eigenvalue weighted by molar-refractivity contribution is -0.118. The largest absolute Gasteiger partial charge is 0.370 e. The van der Waals surface area contributed by atoms with Crippen molar-refractivity contribution in [2.45, 2.75) is 26.3 Å². The lowest BCUT2D eigenvalue weighted by Gasteiger charge is -2.24. The minimum Gasteiger partial charge on any atom is -0.370 e. The van der Waals surface area contributed by atoms with Gasteiger partial charge in [0.25, 0.3) is 5.91 Å². The molecule has 1 heterocycles. The molecule has 0 aliphatic carbocycles. The molecule has 0 radical (unpaired) electrons. The number of carbonyl (C=O) groups excluding carboxylic acids is 2. The van der Waals surface area contributed by atoms with Gasteiger partial charge in [0.2, 0.25) is 5.91 Å². The molecule has 5 nitrogen and oxygen atoms in total. The van der Waals surface area contributed by atoms with Gasteiger partial charge in [-0.25, -0.2) is 0 Å². The molecular weight excluding hydrogens is 218 g/mol. The maximum Gasteiger partial charge on any atom is 0.255 e. The molecule has 0 aliphatic heterocycles.